The molecule has 6 nitrogen and oxygen atoms in total. The highest BCUT2D eigenvalue weighted by Gasteiger charge is 2.60. The Morgan fingerprint density at radius 1 is 1.07 bits per heavy atom. The van der Waals surface area contributed by atoms with E-state index in [2.05, 4.69) is 65.8 Å². The lowest BCUT2D eigenvalue weighted by Gasteiger charge is -2.58. The topological polar surface area (TPSA) is 70.4 Å². The molecular weight excluding hydrogens is 548 g/mol. The zero-order valence-electron chi connectivity index (χ0n) is 28.5. The van der Waals surface area contributed by atoms with Gasteiger partial charge in [-0.3, -0.25) is 9.48 Å². The Balaban J connectivity index is 1.21. The Kier molecular flexibility index (Phi) is 8.45. The fourth-order valence-corrected chi connectivity index (χ4v) is 10.9. The molecule has 0 spiro atoms. The number of carbonyl (C=O) groups excluding carboxylic acids is 2. The van der Waals surface area contributed by atoms with Crippen LogP contribution in [0, 0.1) is 52.3 Å². The molecule has 6 rings (SSSR count). The number of aromatic nitrogens is 2. The van der Waals surface area contributed by atoms with Crippen LogP contribution in [0.15, 0.2) is 29.6 Å². The molecule has 1 aromatic heterocycles. The summed E-state index contributed by atoms with van der Waals surface area (Å²) in [4.78, 5) is 25.2. The normalized spacial score (nSPS) is 37.7. The van der Waals surface area contributed by atoms with E-state index in [4.69, 9.17) is 9.47 Å². The number of allylic oxidation sites excluding steroid dienone is 1. The summed E-state index contributed by atoms with van der Waals surface area (Å²) in [7, 11) is 0. The van der Waals surface area contributed by atoms with E-state index in [1.54, 1.807) is 5.57 Å². The second-order valence-electron chi connectivity index (χ2n) is 16.4. The van der Waals surface area contributed by atoms with E-state index < -0.39 is 0 Å². The van der Waals surface area contributed by atoms with Crippen molar-refractivity contribution < 1.29 is 19.1 Å². The van der Waals surface area contributed by atoms with Crippen LogP contribution in [0.5, 0.6) is 0 Å². The third-order valence-electron chi connectivity index (χ3n) is 13.0. The zero-order chi connectivity index (χ0) is 31.6. The van der Waals surface area contributed by atoms with Gasteiger partial charge in [0, 0.05) is 43.6 Å². The number of hydrogen-bond donors (Lipinski definition) is 0. The van der Waals surface area contributed by atoms with E-state index in [-0.39, 0.29) is 40.9 Å². The van der Waals surface area contributed by atoms with E-state index >= 15 is 0 Å². The first-order valence-corrected chi connectivity index (χ1v) is 17.6. The van der Waals surface area contributed by atoms with Crippen LogP contribution in [-0.4, -0.2) is 33.9 Å². The van der Waals surface area contributed by atoms with E-state index in [0.29, 0.717) is 35.5 Å². The zero-order valence-corrected chi connectivity index (χ0v) is 28.5. The molecule has 242 valence electrons. The Bertz CT molecular complexity index is 1340. The number of esters is 2. The van der Waals surface area contributed by atoms with Gasteiger partial charge in [-0.05, 0) is 103 Å². The molecule has 0 N–H and O–H groups in total. The lowest BCUT2D eigenvalue weighted by atomic mass is 9.47. The highest BCUT2D eigenvalue weighted by Crippen LogP contribution is 2.67. The second-order valence-corrected chi connectivity index (χ2v) is 16.4. The molecule has 5 aliphatic rings. The van der Waals surface area contributed by atoms with Crippen LogP contribution in [0.4, 0.5) is 0 Å². The van der Waals surface area contributed by atoms with E-state index in [9.17, 15) is 9.59 Å². The number of ether oxygens (including phenoxy) is 2. The maximum Gasteiger partial charge on any atom is 0.334 e. The van der Waals surface area contributed by atoms with Gasteiger partial charge in [-0.15, -0.1) is 0 Å². The average Bonchev–Trinajstić information content (AvgIpc) is 3.55. The molecule has 3 saturated carbocycles. The molecule has 1 aliphatic heterocycles. The van der Waals surface area contributed by atoms with Crippen molar-refractivity contribution >= 4 is 17.5 Å². The van der Waals surface area contributed by atoms with Gasteiger partial charge in [-0.2, -0.15) is 5.10 Å². The van der Waals surface area contributed by atoms with Crippen LogP contribution < -0.4 is 0 Å². The van der Waals surface area contributed by atoms with Crippen LogP contribution in [-0.2, 0) is 25.6 Å². The third-order valence-corrected chi connectivity index (χ3v) is 13.0. The quantitative estimate of drug-likeness (QED) is 0.231. The monoisotopic (exact) mass is 604 g/mol. The van der Waals surface area contributed by atoms with Crippen molar-refractivity contribution in [3.63, 3.8) is 0 Å². The molecule has 0 saturated heterocycles. The molecule has 1 aromatic rings. The number of carbonyl (C=O) groups is 2. The minimum Gasteiger partial charge on any atom is -0.462 e. The lowest BCUT2D eigenvalue weighted by Crippen LogP contribution is -2.51. The van der Waals surface area contributed by atoms with Crippen molar-refractivity contribution in [1.29, 1.82) is 0 Å². The van der Waals surface area contributed by atoms with E-state index in [1.165, 1.54) is 32.6 Å². The standard InChI is InChI=1S/C38H56N2O4/c1-22(2)20-40-21-26(19-39-40)30-18-34(44-36(42)35(30)23(3)4)24(5)31-11-12-32-29-10-9-27-17-28(43-25(6)41)13-15-37(27,7)33(29)14-16-38(31,32)8/h9,19,21-24,28-29,31-34H,10-18,20H2,1-8H3/t24-,28-,29-,31+,32-,33-,34+,37-,38+/m0/s1. The first-order chi connectivity index (χ1) is 20.8. The average molecular weight is 605 g/mol. The van der Waals surface area contributed by atoms with Gasteiger partial charge in [0.25, 0.3) is 0 Å². The fourth-order valence-electron chi connectivity index (χ4n) is 10.9. The Morgan fingerprint density at radius 2 is 1.84 bits per heavy atom. The van der Waals surface area contributed by atoms with Crippen molar-refractivity contribution in [1.82, 2.24) is 9.78 Å². The predicted molar refractivity (Wildman–Crippen MR) is 173 cm³/mol. The van der Waals surface area contributed by atoms with Gasteiger partial charge >= 0.3 is 11.9 Å². The largest absolute Gasteiger partial charge is 0.462 e. The summed E-state index contributed by atoms with van der Waals surface area (Å²) >= 11 is 0. The summed E-state index contributed by atoms with van der Waals surface area (Å²) in [5, 5.41) is 4.66. The van der Waals surface area contributed by atoms with Crippen molar-refractivity contribution in [2.75, 3.05) is 0 Å². The van der Waals surface area contributed by atoms with Gasteiger partial charge in [0.15, 0.2) is 0 Å². The van der Waals surface area contributed by atoms with Crippen molar-refractivity contribution in [3.8, 4) is 0 Å². The summed E-state index contributed by atoms with van der Waals surface area (Å²) < 4.78 is 14.0. The first kappa shape index (κ1) is 31.6. The maximum absolute atomic E-state index is 13.6. The summed E-state index contributed by atoms with van der Waals surface area (Å²) in [5.74, 6) is 3.35. The highest BCUT2D eigenvalue weighted by atomic mass is 16.5. The van der Waals surface area contributed by atoms with Crippen LogP contribution in [0.2, 0.25) is 0 Å². The van der Waals surface area contributed by atoms with Crippen molar-refractivity contribution in [2.24, 2.45) is 52.3 Å². The molecule has 0 aromatic carbocycles. The molecule has 3 fully saturated rings. The van der Waals surface area contributed by atoms with Gasteiger partial charge < -0.3 is 9.47 Å². The van der Waals surface area contributed by atoms with Gasteiger partial charge in [0.05, 0.1) is 6.20 Å². The molecule has 0 radical (unpaired) electrons. The first-order valence-electron chi connectivity index (χ1n) is 17.6. The summed E-state index contributed by atoms with van der Waals surface area (Å²) in [6.07, 6.45) is 16.6. The predicted octanol–water partition coefficient (Wildman–Crippen LogP) is 8.41. The number of cyclic esters (lactones) is 1. The van der Waals surface area contributed by atoms with Gasteiger partial charge in [-0.25, -0.2) is 4.79 Å². The number of fused-ring (bicyclic) bond motifs is 5. The van der Waals surface area contributed by atoms with E-state index in [1.807, 2.05) is 10.9 Å². The molecule has 44 heavy (non-hydrogen) atoms. The third kappa shape index (κ3) is 5.40. The van der Waals surface area contributed by atoms with Crippen LogP contribution in [0.1, 0.15) is 119 Å². The highest BCUT2D eigenvalue weighted by molar-refractivity contribution is 5.99. The molecule has 2 heterocycles. The molecule has 0 unspecified atom stereocenters. The molecule has 6 heteroatoms. The van der Waals surface area contributed by atoms with Crippen molar-refractivity contribution in [3.05, 3.63) is 35.2 Å². The molecule has 9 atom stereocenters. The summed E-state index contributed by atoms with van der Waals surface area (Å²) in [6, 6.07) is 0. The van der Waals surface area contributed by atoms with Crippen LogP contribution in [0.3, 0.4) is 0 Å². The Morgan fingerprint density at radius 3 is 2.55 bits per heavy atom. The van der Waals surface area contributed by atoms with E-state index in [0.717, 1.165) is 55.4 Å². The van der Waals surface area contributed by atoms with Crippen LogP contribution >= 0.6 is 0 Å². The van der Waals surface area contributed by atoms with Gasteiger partial charge in [-0.1, -0.05) is 60.1 Å². The number of hydrogen-bond acceptors (Lipinski definition) is 5. The molecular formula is C38H56N2O4. The molecule has 0 amide bonds. The summed E-state index contributed by atoms with van der Waals surface area (Å²) in [5.41, 5.74) is 5.11. The Labute approximate surface area is 265 Å². The van der Waals surface area contributed by atoms with Gasteiger partial charge in [0.1, 0.15) is 12.2 Å². The minimum atomic E-state index is -0.152. The minimum absolute atomic E-state index is 0.0480. The Hall–Kier alpha value is -2.37. The molecule has 4 aliphatic carbocycles. The SMILES string of the molecule is CC(=O)O[C@H]1CC[C@@]2(C)C(=CC[C@H]3[C@@H]4CC[C@H]([C@H](C)[C@H]5CC(c6cnn(CC(C)C)c6)=C(C(C)C)C(=O)O5)[C@@]4(C)CC[C@@H]32)C1. The second kappa shape index (κ2) is 11.8. The van der Waals surface area contributed by atoms with Crippen molar-refractivity contribution in [2.45, 2.75) is 132 Å². The fraction of sp³-hybridized carbons (Fsp3) is 0.763. The van der Waals surface area contributed by atoms with Gasteiger partial charge in [0.2, 0.25) is 0 Å². The number of rotatable bonds is 7. The van der Waals surface area contributed by atoms with Crippen LogP contribution in [0.25, 0.3) is 5.57 Å². The maximum atomic E-state index is 13.6. The lowest BCUT2D eigenvalue weighted by molar-refractivity contribution is -0.151. The molecule has 0 bridgehead atoms. The smallest absolute Gasteiger partial charge is 0.334 e. The summed E-state index contributed by atoms with van der Waals surface area (Å²) in [6.45, 7) is 18.5. The number of nitrogens with zero attached hydrogens (tertiary/aromatic N) is 2.